The Morgan fingerprint density at radius 1 is 1.48 bits per heavy atom. The number of halogens is 1. The Morgan fingerprint density at radius 2 is 2.26 bits per heavy atom. The van der Waals surface area contributed by atoms with Crippen molar-refractivity contribution in [1.29, 1.82) is 0 Å². The molecule has 0 saturated heterocycles. The number of nitrogens with one attached hydrogen (secondary N) is 1. The molecular formula is C16H17FN2O4. The van der Waals surface area contributed by atoms with Crippen LogP contribution in [0.5, 0.6) is 5.75 Å². The van der Waals surface area contributed by atoms with E-state index >= 15 is 0 Å². The Bertz CT molecular complexity index is 670. The molecule has 0 unspecified atom stereocenters. The molecule has 0 bridgehead atoms. The molecule has 0 radical (unpaired) electrons. The molecule has 0 atom stereocenters. The number of amides is 2. The highest BCUT2D eigenvalue weighted by Crippen LogP contribution is 2.35. The molecule has 6 nitrogen and oxygen atoms in total. The Hall–Kier alpha value is -2.57. The first-order valence-corrected chi connectivity index (χ1v) is 7.40. The molecule has 2 amide bonds. The van der Waals surface area contributed by atoms with Crippen molar-refractivity contribution in [3.63, 3.8) is 0 Å². The van der Waals surface area contributed by atoms with Gasteiger partial charge >= 0.3 is 6.09 Å². The van der Waals surface area contributed by atoms with Gasteiger partial charge in [0, 0.05) is 30.3 Å². The summed E-state index contributed by atoms with van der Waals surface area (Å²) in [5, 5.41) is 10.6. The van der Waals surface area contributed by atoms with Crippen LogP contribution in [0.2, 0.25) is 0 Å². The molecule has 1 fully saturated rings. The van der Waals surface area contributed by atoms with Crippen molar-refractivity contribution in [3.8, 4) is 5.75 Å². The molecule has 2 N–H and O–H groups in total. The highest BCUT2D eigenvalue weighted by Gasteiger charge is 2.38. The molecule has 1 aliphatic carbocycles. The number of carbonyl (C=O) groups is 2. The number of benzene rings is 1. The Morgan fingerprint density at radius 3 is 2.91 bits per heavy atom. The van der Waals surface area contributed by atoms with Gasteiger partial charge in [0.1, 0.15) is 12.4 Å². The minimum atomic E-state index is -1.22. The third-order valence-corrected chi connectivity index (χ3v) is 3.94. The average Bonchev–Trinajstić information content (AvgIpc) is 3.32. The largest absolute Gasteiger partial charge is 0.489 e. The molecule has 3 rings (SSSR count). The minimum absolute atomic E-state index is 0.0593. The maximum absolute atomic E-state index is 12.7. The Balaban J connectivity index is 1.61. The summed E-state index contributed by atoms with van der Waals surface area (Å²) in [4.78, 5) is 24.5. The van der Waals surface area contributed by atoms with E-state index in [-0.39, 0.29) is 24.6 Å². The van der Waals surface area contributed by atoms with Gasteiger partial charge in [0.15, 0.2) is 0 Å². The van der Waals surface area contributed by atoms with Crippen molar-refractivity contribution in [1.82, 2.24) is 10.2 Å². The second-order valence-corrected chi connectivity index (χ2v) is 5.70. The van der Waals surface area contributed by atoms with Crippen LogP contribution in [-0.4, -0.2) is 41.2 Å². The number of nitrogens with zero attached hydrogens (tertiary/aromatic N) is 1. The van der Waals surface area contributed by atoms with Crippen LogP contribution in [0.3, 0.4) is 0 Å². The molecule has 7 heteroatoms. The van der Waals surface area contributed by atoms with Gasteiger partial charge in [-0.25, -0.2) is 9.18 Å². The molecule has 122 valence electrons. The fourth-order valence-electron chi connectivity index (χ4n) is 2.58. The lowest BCUT2D eigenvalue weighted by Crippen LogP contribution is -2.25. The van der Waals surface area contributed by atoms with E-state index in [1.54, 1.807) is 18.2 Å². The van der Waals surface area contributed by atoms with E-state index in [0.29, 0.717) is 30.2 Å². The highest BCUT2D eigenvalue weighted by atomic mass is 19.1. The SMILES string of the molecule is O=C(O)NCC(=CF)COc1ccc2c(c1)CN(C1CC1)C2=O. The van der Waals surface area contributed by atoms with Gasteiger partial charge in [-0.05, 0) is 36.6 Å². The van der Waals surface area contributed by atoms with Crippen LogP contribution in [0.25, 0.3) is 0 Å². The van der Waals surface area contributed by atoms with Crippen LogP contribution in [0, 0.1) is 0 Å². The minimum Gasteiger partial charge on any atom is -0.489 e. The number of ether oxygens (including phenoxy) is 1. The summed E-state index contributed by atoms with van der Waals surface area (Å²) in [7, 11) is 0. The van der Waals surface area contributed by atoms with E-state index in [1.165, 1.54) is 0 Å². The predicted molar refractivity (Wildman–Crippen MR) is 80.1 cm³/mol. The fraction of sp³-hybridized carbons (Fsp3) is 0.375. The van der Waals surface area contributed by atoms with E-state index in [2.05, 4.69) is 5.32 Å². The summed E-state index contributed by atoms with van der Waals surface area (Å²) in [6.07, 6.45) is 1.23. The molecule has 1 aromatic carbocycles. The van der Waals surface area contributed by atoms with Crippen molar-refractivity contribution in [3.05, 3.63) is 41.2 Å². The van der Waals surface area contributed by atoms with Crippen LogP contribution in [0.4, 0.5) is 9.18 Å². The van der Waals surface area contributed by atoms with Crippen LogP contribution in [-0.2, 0) is 6.54 Å². The molecule has 0 spiro atoms. The number of carbonyl (C=O) groups excluding carboxylic acids is 1. The summed E-state index contributed by atoms with van der Waals surface area (Å²) in [6.45, 7) is 0.392. The molecule has 1 aliphatic heterocycles. The normalized spacial score (nSPS) is 17.2. The number of carboxylic acid groups (broad SMARTS) is 1. The lowest BCUT2D eigenvalue weighted by Gasteiger charge is -2.13. The quantitative estimate of drug-likeness (QED) is 0.843. The van der Waals surface area contributed by atoms with E-state index < -0.39 is 6.09 Å². The second-order valence-electron chi connectivity index (χ2n) is 5.70. The molecule has 1 aromatic rings. The van der Waals surface area contributed by atoms with Gasteiger partial charge in [0.25, 0.3) is 5.91 Å². The van der Waals surface area contributed by atoms with Crippen molar-refractivity contribution >= 4 is 12.0 Å². The Labute approximate surface area is 132 Å². The monoisotopic (exact) mass is 320 g/mol. The second kappa shape index (κ2) is 6.28. The third kappa shape index (κ3) is 3.44. The predicted octanol–water partition coefficient (Wildman–Crippen LogP) is 2.30. The summed E-state index contributed by atoms with van der Waals surface area (Å²) >= 11 is 0. The van der Waals surface area contributed by atoms with Gasteiger partial charge in [-0.3, -0.25) is 4.79 Å². The molecule has 1 saturated carbocycles. The molecule has 1 heterocycles. The van der Waals surface area contributed by atoms with Crippen molar-refractivity contribution in [2.24, 2.45) is 0 Å². The number of rotatable bonds is 6. The zero-order valence-electron chi connectivity index (χ0n) is 12.4. The maximum Gasteiger partial charge on any atom is 0.404 e. The third-order valence-electron chi connectivity index (χ3n) is 3.94. The average molecular weight is 320 g/mol. The van der Waals surface area contributed by atoms with Gasteiger partial charge in [0.2, 0.25) is 0 Å². The van der Waals surface area contributed by atoms with Gasteiger partial charge in [-0.15, -0.1) is 0 Å². The van der Waals surface area contributed by atoms with Gasteiger partial charge in [0.05, 0.1) is 6.33 Å². The van der Waals surface area contributed by atoms with Gasteiger partial charge in [-0.2, -0.15) is 0 Å². The summed E-state index contributed by atoms with van der Waals surface area (Å²) in [6, 6.07) is 5.55. The van der Waals surface area contributed by atoms with E-state index in [0.717, 1.165) is 18.4 Å². The van der Waals surface area contributed by atoms with Crippen LogP contribution >= 0.6 is 0 Å². The lowest BCUT2D eigenvalue weighted by molar-refractivity contribution is 0.0766. The first-order valence-electron chi connectivity index (χ1n) is 7.40. The summed E-state index contributed by atoms with van der Waals surface area (Å²) in [5.41, 5.74) is 1.79. The smallest absolute Gasteiger partial charge is 0.404 e. The fourth-order valence-corrected chi connectivity index (χ4v) is 2.58. The van der Waals surface area contributed by atoms with E-state index in [9.17, 15) is 14.0 Å². The highest BCUT2D eigenvalue weighted by molar-refractivity contribution is 5.98. The van der Waals surface area contributed by atoms with Crippen LogP contribution in [0.1, 0.15) is 28.8 Å². The molecular weight excluding hydrogens is 303 g/mol. The van der Waals surface area contributed by atoms with Crippen molar-refractivity contribution in [2.45, 2.75) is 25.4 Å². The van der Waals surface area contributed by atoms with Crippen LogP contribution < -0.4 is 10.1 Å². The van der Waals surface area contributed by atoms with Gasteiger partial charge in [-0.1, -0.05) is 0 Å². The summed E-state index contributed by atoms with van der Waals surface area (Å²) < 4.78 is 18.2. The van der Waals surface area contributed by atoms with Crippen molar-refractivity contribution < 1.29 is 23.8 Å². The first kappa shape index (κ1) is 15.3. The Kier molecular flexibility index (Phi) is 4.18. The van der Waals surface area contributed by atoms with Crippen molar-refractivity contribution in [2.75, 3.05) is 13.2 Å². The number of hydrogen-bond acceptors (Lipinski definition) is 3. The summed E-state index contributed by atoms with van der Waals surface area (Å²) in [5.74, 6) is 0.591. The number of fused-ring (bicyclic) bond motifs is 1. The molecule has 0 aromatic heterocycles. The topological polar surface area (TPSA) is 78.9 Å². The van der Waals surface area contributed by atoms with Crippen LogP contribution in [0.15, 0.2) is 30.1 Å². The van der Waals surface area contributed by atoms with E-state index in [4.69, 9.17) is 9.84 Å². The standard InChI is InChI=1S/C16H17FN2O4/c17-6-10(7-18-16(21)22)9-23-13-3-4-14-11(5-13)8-19(15(14)20)12-1-2-12/h3-6,12,18H,1-2,7-9H2,(H,21,22). The lowest BCUT2D eigenvalue weighted by atomic mass is 10.1. The zero-order valence-corrected chi connectivity index (χ0v) is 12.4. The van der Waals surface area contributed by atoms with Gasteiger partial charge < -0.3 is 20.1 Å². The maximum atomic E-state index is 12.7. The number of hydrogen-bond donors (Lipinski definition) is 2. The molecule has 23 heavy (non-hydrogen) atoms. The zero-order chi connectivity index (χ0) is 16.4. The van der Waals surface area contributed by atoms with E-state index in [1.807, 2.05) is 4.90 Å². The first-order chi connectivity index (χ1) is 11.1. The molecule has 2 aliphatic rings.